The van der Waals surface area contributed by atoms with Crippen molar-refractivity contribution in [2.45, 2.75) is 84.5 Å². The van der Waals surface area contributed by atoms with E-state index in [1.165, 1.54) is 19.4 Å². The molecule has 2 heteroatoms. The van der Waals surface area contributed by atoms with Crippen LogP contribution in [0, 0.1) is 5.41 Å². The van der Waals surface area contributed by atoms with Gasteiger partial charge in [-0.2, -0.15) is 0 Å². The molecular weight excluding hydrogens is 208 g/mol. The van der Waals surface area contributed by atoms with E-state index in [1.54, 1.807) is 0 Å². The van der Waals surface area contributed by atoms with Gasteiger partial charge in [0.2, 0.25) is 0 Å². The van der Waals surface area contributed by atoms with E-state index in [2.05, 4.69) is 58.7 Å². The Balaban J connectivity index is 2.00. The second-order valence-electron chi connectivity index (χ2n) is 8.32. The molecule has 1 aliphatic carbocycles. The quantitative estimate of drug-likeness (QED) is 0.795. The summed E-state index contributed by atoms with van der Waals surface area (Å²) in [5.74, 6) is 0. The number of hydrogen-bond donors (Lipinski definition) is 1. The molecule has 2 rings (SSSR count). The summed E-state index contributed by atoms with van der Waals surface area (Å²) in [6, 6.07) is 1.57. The Labute approximate surface area is 107 Å². The lowest BCUT2D eigenvalue weighted by molar-refractivity contribution is 0.104. The smallest absolute Gasteiger partial charge is 0.0179 e. The van der Waals surface area contributed by atoms with Crippen LogP contribution in [0.5, 0.6) is 0 Å². The molecule has 3 atom stereocenters. The van der Waals surface area contributed by atoms with E-state index in [9.17, 15) is 0 Å². The first-order chi connectivity index (χ1) is 7.55. The van der Waals surface area contributed by atoms with Crippen molar-refractivity contribution in [3.8, 4) is 0 Å². The highest BCUT2D eigenvalue weighted by molar-refractivity contribution is 5.19. The normalized spacial score (nSPS) is 38.3. The number of rotatable bonds is 2. The van der Waals surface area contributed by atoms with Crippen molar-refractivity contribution in [1.29, 1.82) is 0 Å². The van der Waals surface area contributed by atoms with E-state index in [4.69, 9.17) is 0 Å². The molecular formula is C15H30N2. The zero-order chi connectivity index (χ0) is 13.1. The Hall–Kier alpha value is -0.0800. The van der Waals surface area contributed by atoms with Gasteiger partial charge in [-0.05, 0) is 61.3 Å². The lowest BCUT2D eigenvalue weighted by Crippen LogP contribution is -2.45. The molecule has 2 aliphatic rings. The van der Waals surface area contributed by atoms with Crippen LogP contribution in [0.4, 0.5) is 0 Å². The third kappa shape index (κ3) is 2.53. The second kappa shape index (κ2) is 3.71. The Morgan fingerprint density at radius 2 is 1.71 bits per heavy atom. The zero-order valence-electron chi connectivity index (χ0n) is 12.7. The molecule has 17 heavy (non-hydrogen) atoms. The molecule has 0 aromatic heterocycles. The Morgan fingerprint density at radius 3 is 2.12 bits per heavy atom. The topological polar surface area (TPSA) is 15.3 Å². The highest BCUT2D eigenvalue weighted by atomic mass is 15.3. The van der Waals surface area contributed by atoms with Gasteiger partial charge in [-0.15, -0.1) is 0 Å². The molecule has 0 unspecified atom stereocenters. The lowest BCUT2D eigenvalue weighted by atomic mass is 9.98. The van der Waals surface area contributed by atoms with Crippen molar-refractivity contribution in [2.24, 2.45) is 5.41 Å². The van der Waals surface area contributed by atoms with Crippen LogP contribution in [0.25, 0.3) is 0 Å². The third-order valence-electron chi connectivity index (χ3n) is 4.40. The molecule has 0 bridgehead atoms. The third-order valence-corrected chi connectivity index (χ3v) is 4.40. The van der Waals surface area contributed by atoms with Crippen molar-refractivity contribution in [3.05, 3.63) is 0 Å². The fraction of sp³-hybridized carbons (Fsp3) is 1.00. The van der Waals surface area contributed by atoms with Crippen LogP contribution in [0.15, 0.2) is 0 Å². The number of likely N-dealkylation sites (tertiary alicyclic amines) is 1. The monoisotopic (exact) mass is 238 g/mol. The lowest BCUT2D eigenvalue weighted by Gasteiger charge is -2.37. The first kappa shape index (κ1) is 13.4. The van der Waals surface area contributed by atoms with Gasteiger partial charge in [0.05, 0.1) is 0 Å². The zero-order valence-corrected chi connectivity index (χ0v) is 12.7. The maximum Gasteiger partial charge on any atom is 0.0179 e. The molecule has 1 saturated heterocycles. The summed E-state index contributed by atoms with van der Waals surface area (Å²) in [5.41, 5.74) is 1.16. The van der Waals surface area contributed by atoms with E-state index >= 15 is 0 Å². The predicted octanol–water partition coefficient (Wildman–Crippen LogP) is 3.03. The molecule has 0 aromatic carbocycles. The first-order valence-electron chi connectivity index (χ1n) is 7.09. The summed E-state index contributed by atoms with van der Waals surface area (Å²) >= 11 is 0. The minimum atomic E-state index is 0.250. The summed E-state index contributed by atoms with van der Waals surface area (Å²) in [6.45, 7) is 17.5. The van der Waals surface area contributed by atoms with Gasteiger partial charge < -0.3 is 5.32 Å². The molecule has 0 amide bonds. The highest BCUT2D eigenvalue weighted by Crippen LogP contribution is 2.60. The van der Waals surface area contributed by atoms with Gasteiger partial charge in [0, 0.05) is 35.1 Å². The van der Waals surface area contributed by atoms with Gasteiger partial charge >= 0.3 is 0 Å². The van der Waals surface area contributed by atoms with Gasteiger partial charge in [0.1, 0.15) is 0 Å². The molecule has 2 nitrogen and oxygen atoms in total. The molecule has 0 aromatic rings. The van der Waals surface area contributed by atoms with Crippen LogP contribution in [0.2, 0.25) is 0 Å². The first-order valence-corrected chi connectivity index (χ1v) is 7.09. The Bertz CT molecular complexity index is 297. The average Bonchev–Trinajstić information content (AvgIpc) is 2.66. The second-order valence-corrected chi connectivity index (χ2v) is 8.32. The van der Waals surface area contributed by atoms with Crippen molar-refractivity contribution >= 4 is 0 Å². The molecule has 1 saturated carbocycles. The fourth-order valence-corrected chi connectivity index (χ4v) is 3.76. The van der Waals surface area contributed by atoms with Gasteiger partial charge in [-0.3, -0.25) is 4.90 Å². The average molecular weight is 238 g/mol. The molecule has 2 fully saturated rings. The van der Waals surface area contributed by atoms with Crippen molar-refractivity contribution < 1.29 is 0 Å². The maximum absolute atomic E-state index is 3.71. The summed E-state index contributed by atoms with van der Waals surface area (Å²) in [7, 11) is 0. The van der Waals surface area contributed by atoms with Gasteiger partial charge in [0.15, 0.2) is 0 Å². The molecule has 1 heterocycles. The largest absolute Gasteiger partial charge is 0.311 e. The molecule has 0 radical (unpaired) electrons. The summed E-state index contributed by atoms with van der Waals surface area (Å²) in [5, 5.41) is 3.71. The predicted molar refractivity (Wildman–Crippen MR) is 74.3 cm³/mol. The minimum absolute atomic E-state index is 0.250. The Kier molecular flexibility index (Phi) is 2.91. The molecule has 100 valence electrons. The van der Waals surface area contributed by atoms with E-state index in [1.807, 2.05) is 0 Å². The van der Waals surface area contributed by atoms with Crippen LogP contribution in [-0.2, 0) is 0 Å². The van der Waals surface area contributed by atoms with E-state index in [0.717, 1.165) is 12.1 Å². The standard InChI is InChI=1S/C15H30N2/c1-11-8-15(10-16-13(2,3)4)9-12(15)17(11)14(5,6)7/h11-12,16H,8-10H2,1-7H3/t11-,12-,15+/m1/s1. The number of nitrogens with zero attached hydrogens (tertiary/aromatic N) is 1. The molecule has 0 spiro atoms. The summed E-state index contributed by atoms with van der Waals surface area (Å²) in [6.07, 6.45) is 2.77. The van der Waals surface area contributed by atoms with Gasteiger partial charge in [-0.1, -0.05) is 0 Å². The van der Waals surface area contributed by atoms with Crippen molar-refractivity contribution in [3.63, 3.8) is 0 Å². The molecule has 1 N–H and O–H groups in total. The van der Waals surface area contributed by atoms with Crippen molar-refractivity contribution in [1.82, 2.24) is 10.2 Å². The highest BCUT2D eigenvalue weighted by Gasteiger charge is 2.64. The van der Waals surface area contributed by atoms with Crippen LogP contribution < -0.4 is 5.32 Å². The molecule has 1 aliphatic heterocycles. The van der Waals surface area contributed by atoms with E-state index < -0.39 is 0 Å². The van der Waals surface area contributed by atoms with Crippen LogP contribution in [-0.4, -0.2) is 34.6 Å². The van der Waals surface area contributed by atoms with Crippen LogP contribution in [0.3, 0.4) is 0 Å². The number of hydrogen-bond acceptors (Lipinski definition) is 2. The van der Waals surface area contributed by atoms with Gasteiger partial charge in [-0.25, -0.2) is 0 Å². The summed E-state index contributed by atoms with van der Waals surface area (Å²) in [4.78, 5) is 2.75. The fourth-order valence-electron chi connectivity index (χ4n) is 3.76. The number of nitrogens with one attached hydrogen (secondary N) is 1. The van der Waals surface area contributed by atoms with E-state index in [0.29, 0.717) is 11.0 Å². The SMILES string of the molecule is C[C@@H]1C[C@@]2(CNC(C)(C)C)C[C@H]2N1C(C)(C)C. The summed E-state index contributed by atoms with van der Waals surface area (Å²) < 4.78 is 0. The van der Waals surface area contributed by atoms with Gasteiger partial charge in [0.25, 0.3) is 0 Å². The Morgan fingerprint density at radius 1 is 1.12 bits per heavy atom. The van der Waals surface area contributed by atoms with E-state index in [-0.39, 0.29) is 5.54 Å². The maximum atomic E-state index is 3.71. The van der Waals surface area contributed by atoms with Crippen molar-refractivity contribution in [2.75, 3.05) is 6.54 Å². The minimum Gasteiger partial charge on any atom is -0.311 e. The van der Waals surface area contributed by atoms with Crippen LogP contribution >= 0.6 is 0 Å². The van der Waals surface area contributed by atoms with Crippen LogP contribution in [0.1, 0.15) is 61.3 Å². The number of fused-ring (bicyclic) bond motifs is 1. The number of piperidine rings is 1.